The second-order valence-electron chi connectivity index (χ2n) is 4.66. The van der Waals surface area contributed by atoms with E-state index in [-0.39, 0.29) is 22.6 Å². The van der Waals surface area contributed by atoms with Crippen molar-refractivity contribution in [3.8, 4) is 11.5 Å². The molecule has 0 bridgehead atoms. The van der Waals surface area contributed by atoms with Crippen LogP contribution in [0.3, 0.4) is 0 Å². The standard InChI is InChI=1S/C16H14O6/c1-9(2)15(19)21-8-22-16(20)11-4-3-10-6-13(17)14(18)7-12(10)5-11/h3-7,17-18H,1,8H2,2H3. The van der Waals surface area contributed by atoms with Crippen LogP contribution in [0.1, 0.15) is 17.3 Å². The van der Waals surface area contributed by atoms with Crippen molar-refractivity contribution in [3.05, 3.63) is 48.0 Å². The molecule has 0 aliphatic rings. The smallest absolute Gasteiger partial charge is 0.341 e. The Morgan fingerprint density at radius 3 is 2.32 bits per heavy atom. The molecule has 0 radical (unpaired) electrons. The van der Waals surface area contributed by atoms with Crippen LogP contribution < -0.4 is 0 Å². The van der Waals surface area contributed by atoms with Gasteiger partial charge in [-0.15, -0.1) is 0 Å². The number of hydrogen-bond donors (Lipinski definition) is 2. The molecule has 0 heterocycles. The first-order valence-electron chi connectivity index (χ1n) is 6.34. The SMILES string of the molecule is C=C(C)C(=O)OCOC(=O)c1ccc2cc(O)c(O)cc2c1. The van der Waals surface area contributed by atoms with Gasteiger partial charge in [-0.05, 0) is 42.0 Å². The van der Waals surface area contributed by atoms with Crippen LogP contribution in [0.4, 0.5) is 0 Å². The molecular formula is C16H14O6. The number of benzene rings is 2. The lowest BCUT2D eigenvalue weighted by atomic mass is 10.1. The van der Waals surface area contributed by atoms with Gasteiger partial charge in [0.15, 0.2) is 11.5 Å². The fourth-order valence-electron chi connectivity index (χ4n) is 1.74. The average molecular weight is 302 g/mol. The number of esters is 2. The van der Waals surface area contributed by atoms with E-state index in [1.54, 1.807) is 6.07 Å². The predicted molar refractivity (Wildman–Crippen MR) is 78.5 cm³/mol. The fraction of sp³-hybridized carbons (Fsp3) is 0.125. The highest BCUT2D eigenvalue weighted by atomic mass is 16.7. The lowest BCUT2D eigenvalue weighted by Gasteiger charge is -2.07. The zero-order valence-electron chi connectivity index (χ0n) is 11.8. The van der Waals surface area contributed by atoms with Gasteiger partial charge in [-0.3, -0.25) is 0 Å². The second kappa shape index (κ2) is 6.17. The van der Waals surface area contributed by atoms with E-state index >= 15 is 0 Å². The summed E-state index contributed by atoms with van der Waals surface area (Å²) in [5, 5.41) is 20.1. The summed E-state index contributed by atoms with van der Waals surface area (Å²) in [6.07, 6.45) is 0. The topological polar surface area (TPSA) is 93.1 Å². The van der Waals surface area contributed by atoms with Crippen LogP contribution in [-0.2, 0) is 14.3 Å². The van der Waals surface area contributed by atoms with Crippen LogP contribution in [0, 0.1) is 0 Å². The third-order valence-corrected chi connectivity index (χ3v) is 2.90. The molecule has 0 amide bonds. The number of ether oxygens (including phenoxy) is 2. The number of carbonyl (C=O) groups is 2. The Kier molecular flexibility index (Phi) is 4.31. The molecule has 22 heavy (non-hydrogen) atoms. The van der Waals surface area contributed by atoms with Crippen molar-refractivity contribution < 1.29 is 29.3 Å². The van der Waals surface area contributed by atoms with E-state index in [0.29, 0.717) is 10.8 Å². The van der Waals surface area contributed by atoms with E-state index in [4.69, 9.17) is 4.74 Å². The first-order chi connectivity index (χ1) is 10.4. The number of carbonyl (C=O) groups excluding carboxylic acids is 2. The molecule has 0 aliphatic heterocycles. The van der Waals surface area contributed by atoms with Crippen LogP contribution >= 0.6 is 0 Å². The summed E-state index contributed by atoms with van der Waals surface area (Å²) in [7, 11) is 0. The Balaban J connectivity index is 2.10. The zero-order valence-corrected chi connectivity index (χ0v) is 11.8. The van der Waals surface area contributed by atoms with Crippen LogP contribution in [-0.4, -0.2) is 28.9 Å². The largest absolute Gasteiger partial charge is 0.504 e. The van der Waals surface area contributed by atoms with Crippen molar-refractivity contribution in [2.45, 2.75) is 6.92 Å². The molecule has 0 fully saturated rings. The number of phenolic OH excluding ortho intramolecular Hbond substituents is 2. The molecule has 114 valence electrons. The Morgan fingerprint density at radius 2 is 1.68 bits per heavy atom. The summed E-state index contributed by atoms with van der Waals surface area (Å²) in [5.41, 5.74) is 0.431. The molecule has 2 N–H and O–H groups in total. The Morgan fingerprint density at radius 1 is 1.05 bits per heavy atom. The molecule has 0 saturated carbocycles. The van der Waals surface area contributed by atoms with Gasteiger partial charge in [0.2, 0.25) is 6.79 Å². The van der Waals surface area contributed by atoms with E-state index in [1.807, 2.05) is 0 Å². The maximum atomic E-state index is 11.8. The minimum atomic E-state index is -0.677. The highest BCUT2D eigenvalue weighted by molar-refractivity contribution is 5.96. The van der Waals surface area contributed by atoms with Gasteiger partial charge in [0.1, 0.15) is 0 Å². The predicted octanol–water partition coefficient (Wildman–Crippen LogP) is 2.48. The third-order valence-electron chi connectivity index (χ3n) is 2.90. The molecule has 0 spiro atoms. The lowest BCUT2D eigenvalue weighted by molar-refractivity contribution is -0.147. The van der Waals surface area contributed by atoms with Crippen LogP contribution in [0.15, 0.2) is 42.5 Å². The number of fused-ring (bicyclic) bond motifs is 1. The van der Waals surface area contributed by atoms with Crippen LogP contribution in [0.25, 0.3) is 10.8 Å². The molecule has 0 saturated heterocycles. The Bertz CT molecular complexity index is 763. The molecule has 2 rings (SSSR count). The molecule has 0 unspecified atom stereocenters. The molecule has 6 nitrogen and oxygen atoms in total. The highest BCUT2D eigenvalue weighted by Crippen LogP contribution is 2.30. The summed E-state index contributed by atoms with van der Waals surface area (Å²) in [4.78, 5) is 23.0. The van der Waals surface area contributed by atoms with Crippen molar-refractivity contribution in [2.75, 3.05) is 6.79 Å². The maximum Gasteiger partial charge on any atom is 0.341 e. The van der Waals surface area contributed by atoms with Gasteiger partial charge < -0.3 is 19.7 Å². The van der Waals surface area contributed by atoms with Crippen LogP contribution in [0.2, 0.25) is 0 Å². The monoisotopic (exact) mass is 302 g/mol. The number of rotatable bonds is 4. The van der Waals surface area contributed by atoms with Crippen molar-refractivity contribution in [1.29, 1.82) is 0 Å². The Labute approximate surface area is 126 Å². The summed E-state index contributed by atoms with van der Waals surface area (Å²) in [6, 6.07) is 7.32. The van der Waals surface area contributed by atoms with Crippen molar-refractivity contribution >= 4 is 22.7 Å². The number of hydrogen-bond acceptors (Lipinski definition) is 6. The van der Waals surface area contributed by atoms with Crippen LogP contribution in [0.5, 0.6) is 11.5 Å². The first-order valence-corrected chi connectivity index (χ1v) is 6.34. The maximum absolute atomic E-state index is 11.8. The molecule has 0 atom stereocenters. The Hall–Kier alpha value is -3.02. The van der Waals surface area contributed by atoms with Crippen molar-refractivity contribution in [2.24, 2.45) is 0 Å². The van der Waals surface area contributed by atoms with E-state index in [1.165, 1.54) is 31.2 Å². The third kappa shape index (κ3) is 3.35. The number of phenols is 2. The zero-order chi connectivity index (χ0) is 16.3. The molecule has 2 aromatic rings. The summed E-state index contributed by atoms with van der Waals surface area (Å²) < 4.78 is 9.48. The fourth-order valence-corrected chi connectivity index (χ4v) is 1.74. The second-order valence-corrected chi connectivity index (χ2v) is 4.66. The van der Waals surface area contributed by atoms with Gasteiger partial charge in [-0.1, -0.05) is 12.6 Å². The van der Waals surface area contributed by atoms with Gasteiger partial charge >= 0.3 is 11.9 Å². The summed E-state index contributed by atoms with van der Waals surface area (Å²) >= 11 is 0. The van der Waals surface area contributed by atoms with E-state index < -0.39 is 18.7 Å². The van der Waals surface area contributed by atoms with E-state index in [9.17, 15) is 19.8 Å². The van der Waals surface area contributed by atoms with Crippen molar-refractivity contribution in [1.82, 2.24) is 0 Å². The molecule has 2 aromatic carbocycles. The minimum Gasteiger partial charge on any atom is -0.504 e. The van der Waals surface area contributed by atoms with Crippen molar-refractivity contribution in [3.63, 3.8) is 0 Å². The first kappa shape index (κ1) is 15.4. The van der Waals surface area contributed by atoms with E-state index in [0.717, 1.165) is 0 Å². The van der Waals surface area contributed by atoms with Gasteiger partial charge in [-0.25, -0.2) is 9.59 Å². The van der Waals surface area contributed by atoms with Gasteiger partial charge in [0.05, 0.1) is 5.56 Å². The molecule has 0 aliphatic carbocycles. The van der Waals surface area contributed by atoms with Gasteiger partial charge in [0, 0.05) is 5.57 Å². The molecule has 0 aromatic heterocycles. The lowest BCUT2D eigenvalue weighted by Crippen LogP contribution is -2.13. The normalized spacial score (nSPS) is 10.2. The van der Waals surface area contributed by atoms with E-state index in [2.05, 4.69) is 11.3 Å². The average Bonchev–Trinajstić information content (AvgIpc) is 2.47. The highest BCUT2D eigenvalue weighted by Gasteiger charge is 2.11. The minimum absolute atomic E-state index is 0.206. The van der Waals surface area contributed by atoms with Gasteiger partial charge in [0.25, 0.3) is 0 Å². The molecule has 6 heteroatoms. The number of aromatic hydroxyl groups is 2. The summed E-state index contributed by atoms with van der Waals surface area (Å²) in [5.74, 6) is -1.85. The summed E-state index contributed by atoms with van der Waals surface area (Å²) in [6.45, 7) is 4.37. The van der Waals surface area contributed by atoms with Gasteiger partial charge in [-0.2, -0.15) is 0 Å². The molecular weight excluding hydrogens is 288 g/mol. The quantitative estimate of drug-likeness (QED) is 0.390.